The summed E-state index contributed by atoms with van der Waals surface area (Å²) in [5.74, 6) is -1.14. The first kappa shape index (κ1) is 22.8. The van der Waals surface area contributed by atoms with E-state index in [1.165, 1.54) is 6.07 Å². The van der Waals surface area contributed by atoms with Gasteiger partial charge in [-0.15, -0.1) is 0 Å². The molecule has 1 fully saturated rings. The molecular weight excluding hydrogens is 525 g/mol. The van der Waals surface area contributed by atoms with Gasteiger partial charge in [-0.2, -0.15) is 13.2 Å². The Morgan fingerprint density at radius 1 is 1.27 bits per heavy atom. The van der Waals surface area contributed by atoms with Gasteiger partial charge in [0.2, 0.25) is 5.91 Å². The fourth-order valence-electron chi connectivity index (χ4n) is 2.55. The number of thioether (sulfide) groups is 1. The van der Waals surface area contributed by atoms with Crippen LogP contribution >= 0.6 is 51.5 Å². The van der Waals surface area contributed by atoms with Crippen molar-refractivity contribution in [3.63, 3.8) is 0 Å². The Morgan fingerprint density at radius 2 is 2.00 bits per heavy atom. The maximum absolute atomic E-state index is 13.0. The normalized spacial score (nSPS) is 15.8. The van der Waals surface area contributed by atoms with E-state index >= 15 is 0 Å². The standard InChI is InChI=1S/C19H11BrClF3N2O2S2/c20-11-3-1-2-10(6-11)7-15-17(28)26(18(29)30-15)9-16(27)25-12-4-5-14(21)13(8-12)19(22,23)24/h1-8H,9H2,(H,25,27)/b15-7-. The van der Waals surface area contributed by atoms with Gasteiger partial charge < -0.3 is 5.32 Å². The molecule has 0 atom stereocenters. The van der Waals surface area contributed by atoms with Crippen molar-refractivity contribution in [1.82, 2.24) is 4.90 Å². The molecule has 30 heavy (non-hydrogen) atoms. The van der Waals surface area contributed by atoms with Gasteiger partial charge in [-0.1, -0.05) is 63.6 Å². The second-order valence-electron chi connectivity index (χ2n) is 6.06. The number of alkyl halides is 3. The summed E-state index contributed by atoms with van der Waals surface area (Å²) in [7, 11) is 0. The molecule has 0 aliphatic carbocycles. The average molecular weight is 536 g/mol. The SMILES string of the molecule is O=C(CN1C(=O)/C(=C/c2cccc(Br)c2)SC1=S)Nc1ccc(Cl)c(C(F)(F)F)c1. The minimum Gasteiger partial charge on any atom is -0.325 e. The van der Waals surface area contributed by atoms with Crippen LogP contribution in [0.25, 0.3) is 6.08 Å². The van der Waals surface area contributed by atoms with Gasteiger partial charge in [0.15, 0.2) is 0 Å². The lowest BCUT2D eigenvalue weighted by Gasteiger charge is -2.15. The van der Waals surface area contributed by atoms with Gasteiger partial charge in [0.25, 0.3) is 5.91 Å². The fourth-order valence-corrected chi connectivity index (χ4v) is 4.45. The third kappa shape index (κ3) is 5.42. The Kier molecular flexibility index (Phi) is 6.91. The predicted octanol–water partition coefficient (Wildman–Crippen LogP) is 5.96. The van der Waals surface area contributed by atoms with Crippen molar-refractivity contribution < 1.29 is 22.8 Å². The number of hydrogen-bond acceptors (Lipinski definition) is 4. The molecule has 0 radical (unpaired) electrons. The zero-order chi connectivity index (χ0) is 22.1. The Balaban J connectivity index is 1.71. The number of thiocarbonyl (C=S) groups is 1. The van der Waals surface area contributed by atoms with Crippen molar-refractivity contribution in [1.29, 1.82) is 0 Å². The zero-order valence-corrected chi connectivity index (χ0v) is 18.8. The van der Waals surface area contributed by atoms with Crippen LogP contribution in [-0.4, -0.2) is 27.6 Å². The van der Waals surface area contributed by atoms with Crippen LogP contribution in [0.2, 0.25) is 5.02 Å². The molecule has 1 heterocycles. The summed E-state index contributed by atoms with van der Waals surface area (Å²) in [6.07, 6.45) is -3.01. The molecule has 11 heteroatoms. The summed E-state index contributed by atoms with van der Waals surface area (Å²) in [5, 5.41) is 1.86. The monoisotopic (exact) mass is 534 g/mol. The van der Waals surface area contributed by atoms with Crippen molar-refractivity contribution in [3.8, 4) is 0 Å². The number of nitrogens with one attached hydrogen (secondary N) is 1. The Bertz CT molecular complexity index is 1080. The molecule has 0 saturated carbocycles. The molecule has 0 bridgehead atoms. The topological polar surface area (TPSA) is 49.4 Å². The number of anilines is 1. The van der Waals surface area contributed by atoms with Gasteiger partial charge in [0, 0.05) is 10.2 Å². The lowest BCUT2D eigenvalue weighted by molar-refractivity contribution is -0.137. The van der Waals surface area contributed by atoms with Crippen LogP contribution in [0.15, 0.2) is 51.8 Å². The number of halogens is 5. The maximum Gasteiger partial charge on any atom is 0.417 e. The van der Waals surface area contributed by atoms with Crippen molar-refractivity contribution in [2.24, 2.45) is 0 Å². The molecule has 4 nitrogen and oxygen atoms in total. The summed E-state index contributed by atoms with van der Waals surface area (Å²) in [4.78, 5) is 26.4. The largest absolute Gasteiger partial charge is 0.417 e. The molecule has 2 aromatic rings. The third-order valence-corrected chi connectivity index (χ3v) is 6.08. The van der Waals surface area contributed by atoms with Gasteiger partial charge in [-0.3, -0.25) is 14.5 Å². The van der Waals surface area contributed by atoms with E-state index in [9.17, 15) is 22.8 Å². The van der Waals surface area contributed by atoms with Crippen molar-refractivity contribution >= 4 is 79.4 Å². The fraction of sp³-hybridized carbons (Fsp3) is 0.105. The van der Waals surface area contributed by atoms with Gasteiger partial charge in [-0.05, 0) is 42.0 Å². The van der Waals surface area contributed by atoms with Crippen LogP contribution in [0.3, 0.4) is 0 Å². The van der Waals surface area contributed by atoms with E-state index in [1.54, 1.807) is 6.08 Å². The second-order valence-corrected chi connectivity index (χ2v) is 9.06. The van der Waals surface area contributed by atoms with E-state index in [4.69, 9.17) is 23.8 Å². The van der Waals surface area contributed by atoms with Gasteiger partial charge >= 0.3 is 6.18 Å². The molecule has 0 aromatic heterocycles. The smallest absolute Gasteiger partial charge is 0.325 e. The number of hydrogen-bond donors (Lipinski definition) is 1. The molecule has 0 spiro atoms. The van der Waals surface area contributed by atoms with Gasteiger partial charge in [-0.25, -0.2) is 0 Å². The molecule has 2 aromatic carbocycles. The number of carbonyl (C=O) groups excluding carboxylic acids is 2. The van der Waals surface area contributed by atoms with Crippen LogP contribution in [0.5, 0.6) is 0 Å². The highest BCUT2D eigenvalue weighted by atomic mass is 79.9. The van der Waals surface area contributed by atoms with Crippen molar-refractivity contribution in [3.05, 3.63) is 68.0 Å². The van der Waals surface area contributed by atoms with Crippen LogP contribution in [0.4, 0.5) is 18.9 Å². The summed E-state index contributed by atoms with van der Waals surface area (Å²) < 4.78 is 39.9. The number of carbonyl (C=O) groups is 2. The molecule has 156 valence electrons. The number of amides is 2. The molecule has 0 unspecified atom stereocenters. The van der Waals surface area contributed by atoms with E-state index in [0.717, 1.165) is 38.8 Å². The average Bonchev–Trinajstić information content (AvgIpc) is 2.90. The van der Waals surface area contributed by atoms with Crippen LogP contribution in [0.1, 0.15) is 11.1 Å². The number of benzene rings is 2. The quantitative estimate of drug-likeness (QED) is 0.388. The molecule has 1 N–H and O–H groups in total. The predicted molar refractivity (Wildman–Crippen MR) is 119 cm³/mol. The van der Waals surface area contributed by atoms with Crippen LogP contribution in [0, 0.1) is 0 Å². The first-order chi connectivity index (χ1) is 14.0. The van der Waals surface area contributed by atoms with Crippen LogP contribution < -0.4 is 5.32 Å². The minimum absolute atomic E-state index is 0.0909. The van der Waals surface area contributed by atoms with Gasteiger partial charge in [0.05, 0.1) is 15.5 Å². The minimum atomic E-state index is -4.66. The molecule has 2 amide bonds. The first-order valence-corrected chi connectivity index (χ1v) is 10.6. The van der Waals surface area contributed by atoms with Crippen molar-refractivity contribution in [2.75, 3.05) is 11.9 Å². The summed E-state index contributed by atoms with van der Waals surface area (Å²) >= 11 is 15.1. The number of rotatable bonds is 4. The molecule has 1 aliphatic rings. The Hall–Kier alpha value is -1.88. The molecule has 1 saturated heterocycles. The van der Waals surface area contributed by atoms with E-state index in [1.807, 2.05) is 24.3 Å². The maximum atomic E-state index is 13.0. The highest BCUT2D eigenvalue weighted by Crippen LogP contribution is 2.36. The van der Waals surface area contributed by atoms with E-state index < -0.39 is 35.1 Å². The first-order valence-electron chi connectivity index (χ1n) is 8.22. The van der Waals surface area contributed by atoms with Crippen molar-refractivity contribution in [2.45, 2.75) is 6.18 Å². The third-order valence-electron chi connectivity index (χ3n) is 3.88. The summed E-state index contributed by atoms with van der Waals surface area (Å²) in [6, 6.07) is 10.3. The number of nitrogens with zero attached hydrogens (tertiary/aromatic N) is 1. The molecule has 1 aliphatic heterocycles. The zero-order valence-electron chi connectivity index (χ0n) is 14.8. The lowest BCUT2D eigenvalue weighted by Crippen LogP contribution is -2.36. The second kappa shape index (κ2) is 9.09. The van der Waals surface area contributed by atoms with Gasteiger partial charge in [0.1, 0.15) is 10.9 Å². The highest BCUT2D eigenvalue weighted by molar-refractivity contribution is 9.10. The highest BCUT2D eigenvalue weighted by Gasteiger charge is 2.35. The Morgan fingerprint density at radius 3 is 2.67 bits per heavy atom. The summed E-state index contributed by atoms with van der Waals surface area (Å²) in [6.45, 7) is -0.426. The summed E-state index contributed by atoms with van der Waals surface area (Å²) in [5.41, 5.74) is -0.383. The van der Waals surface area contributed by atoms with E-state index in [0.29, 0.717) is 4.91 Å². The van der Waals surface area contributed by atoms with E-state index in [2.05, 4.69) is 21.2 Å². The molecular formula is C19H11BrClF3N2O2S2. The Labute approximate surface area is 192 Å². The molecule has 3 rings (SSSR count). The van der Waals surface area contributed by atoms with Crippen LogP contribution in [-0.2, 0) is 15.8 Å². The lowest BCUT2D eigenvalue weighted by atomic mass is 10.2. The van der Waals surface area contributed by atoms with E-state index in [-0.39, 0.29) is 10.0 Å².